The second kappa shape index (κ2) is 7.11. The van der Waals surface area contributed by atoms with Crippen molar-refractivity contribution in [3.8, 4) is 0 Å². The van der Waals surface area contributed by atoms with Gasteiger partial charge in [0.25, 0.3) is 11.5 Å². The van der Waals surface area contributed by atoms with Crippen LogP contribution in [0.15, 0.2) is 29.1 Å². The van der Waals surface area contributed by atoms with Crippen LogP contribution in [0.4, 0.5) is 0 Å². The number of nitrogens with one attached hydrogen (secondary N) is 1. The van der Waals surface area contributed by atoms with E-state index in [0.717, 1.165) is 19.5 Å². The number of fused-ring (bicyclic) bond motifs is 1. The van der Waals surface area contributed by atoms with Gasteiger partial charge in [-0.15, -0.1) is 0 Å². The number of rotatable bonds is 4. The highest BCUT2D eigenvalue weighted by Crippen LogP contribution is 2.14. The molecule has 1 fully saturated rings. The van der Waals surface area contributed by atoms with E-state index in [0.29, 0.717) is 24.0 Å². The second-order valence-electron chi connectivity index (χ2n) is 5.90. The van der Waals surface area contributed by atoms with Crippen LogP contribution in [0.1, 0.15) is 23.8 Å². The summed E-state index contributed by atoms with van der Waals surface area (Å²) in [7, 11) is 1.56. The van der Waals surface area contributed by atoms with Crippen LogP contribution in [-0.2, 0) is 11.4 Å². The summed E-state index contributed by atoms with van der Waals surface area (Å²) in [6.07, 6.45) is 1.10. The Morgan fingerprint density at radius 3 is 2.83 bits per heavy atom. The maximum Gasteiger partial charge on any atom is 0.275 e. The number of carbonyl (C=O) groups is 1. The molecule has 1 aliphatic rings. The van der Waals surface area contributed by atoms with Gasteiger partial charge in [-0.1, -0.05) is 25.1 Å². The van der Waals surface area contributed by atoms with Crippen LogP contribution in [0.5, 0.6) is 0 Å². The average molecular weight is 330 g/mol. The van der Waals surface area contributed by atoms with Crippen LogP contribution in [0.3, 0.4) is 0 Å². The molecule has 0 aliphatic carbocycles. The van der Waals surface area contributed by atoms with E-state index >= 15 is 0 Å². The normalized spacial score (nSPS) is 18.7. The first kappa shape index (κ1) is 16.6. The van der Waals surface area contributed by atoms with Crippen LogP contribution in [0.25, 0.3) is 10.8 Å². The number of hydrogen-bond acceptors (Lipinski definition) is 5. The fourth-order valence-corrected chi connectivity index (χ4v) is 2.96. The van der Waals surface area contributed by atoms with Crippen LogP contribution < -0.4 is 10.9 Å². The van der Waals surface area contributed by atoms with Gasteiger partial charge in [0.1, 0.15) is 0 Å². The van der Waals surface area contributed by atoms with Crippen LogP contribution in [-0.4, -0.2) is 53.4 Å². The van der Waals surface area contributed by atoms with Gasteiger partial charge in [-0.05, 0) is 12.5 Å². The molecule has 1 aromatic carbocycles. The van der Waals surface area contributed by atoms with Gasteiger partial charge in [0.15, 0.2) is 5.69 Å². The Hall–Kier alpha value is -2.25. The van der Waals surface area contributed by atoms with E-state index in [9.17, 15) is 9.59 Å². The molecule has 2 aromatic rings. The van der Waals surface area contributed by atoms with E-state index in [-0.39, 0.29) is 23.3 Å². The van der Waals surface area contributed by atoms with Crippen molar-refractivity contribution >= 4 is 16.7 Å². The maximum absolute atomic E-state index is 12.7. The lowest BCUT2D eigenvalue weighted by atomic mass is 10.1. The SMILES string of the molecule is CC[C@@H]1CN(Cn2nc(C(=O)NC)c3ccccc3c2=O)CCO1. The molecule has 7 nitrogen and oxygen atoms in total. The molecule has 1 aromatic heterocycles. The Balaban J connectivity index is 2.00. The molecule has 1 amide bonds. The number of benzene rings is 1. The summed E-state index contributed by atoms with van der Waals surface area (Å²) < 4.78 is 7.04. The summed E-state index contributed by atoms with van der Waals surface area (Å²) in [6.45, 7) is 4.58. The second-order valence-corrected chi connectivity index (χ2v) is 5.90. The third-order valence-corrected chi connectivity index (χ3v) is 4.32. The third kappa shape index (κ3) is 3.18. The van der Waals surface area contributed by atoms with Gasteiger partial charge in [-0.25, -0.2) is 4.68 Å². The van der Waals surface area contributed by atoms with Crippen molar-refractivity contribution in [2.45, 2.75) is 26.1 Å². The molecule has 0 bridgehead atoms. The molecule has 7 heteroatoms. The maximum atomic E-state index is 12.7. The van der Waals surface area contributed by atoms with Gasteiger partial charge < -0.3 is 10.1 Å². The molecule has 0 unspecified atom stereocenters. The lowest BCUT2D eigenvalue weighted by Gasteiger charge is -2.32. The van der Waals surface area contributed by atoms with Gasteiger partial charge >= 0.3 is 0 Å². The van der Waals surface area contributed by atoms with Gasteiger partial charge in [0, 0.05) is 25.5 Å². The molecular weight excluding hydrogens is 308 g/mol. The van der Waals surface area contributed by atoms with Gasteiger partial charge in [-0.2, -0.15) is 5.10 Å². The largest absolute Gasteiger partial charge is 0.376 e. The lowest BCUT2D eigenvalue weighted by molar-refractivity contribution is -0.0415. The molecule has 128 valence electrons. The van der Waals surface area contributed by atoms with Crippen molar-refractivity contribution < 1.29 is 9.53 Å². The lowest BCUT2D eigenvalue weighted by Crippen LogP contribution is -2.45. The zero-order valence-corrected chi connectivity index (χ0v) is 14.0. The molecule has 3 rings (SSSR count). The van der Waals surface area contributed by atoms with Gasteiger partial charge in [0.05, 0.1) is 24.8 Å². The minimum absolute atomic E-state index is 0.174. The summed E-state index contributed by atoms with van der Waals surface area (Å²) in [4.78, 5) is 27.0. The van der Waals surface area contributed by atoms with E-state index in [1.807, 2.05) is 0 Å². The van der Waals surface area contributed by atoms with Crippen molar-refractivity contribution in [3.05, 3.63) is 40.3 Å². The smallest absolute Gasteiger partial charge is 0.275 e. The Labute approximate surface area is 140 Å². The number of nitrogens with zero attached hydrogens (tertiary/aromatic N) is 3. The number of hydrogen-bond donors (Lipinski definition) is 1. The van der Waals surface area contributed by atoms with Crippen molar-refractivity contribution in [2.24, 2.45) is 0 Å². The zero-order chi connectivity index (χ0) is 17.1. The number of morpholine rings is 1. The minimum atomic E-state index is -0.298. The molecule has 0 spiro atoms. The summed E-state index contributed by atoms with van der Waals surface area (Å²) in [5.41, 5.74) is 0.0887. The fourth-order valence-electron chi connectivity index (χ4n) is 2.96. The highest BCUT2D eigenvalue weighted by atomic mass is 16.5. The fraction of sp³-hybridized carbons (Fsp3) is 0.471. The third-order valence-electron chi connectivity index (χ3n) is 4.32. The Morgan fingerprint density at radius 2 is 2.12 bits per heavy atom. The molecular formula is C17H22N4O3. The first-order chi connectivity index (χ1) is 11.6. The zero-order valence-electron chi connectivity index (χ0n) is 14.0. The Morgan fingerprint density at radius 1 is 1.38 bits per heavy atom. The van der Waals surface area contributed by atoms with Crippen molar-refractivity contribution in [1.29, 1.82) is 0 Å². The number of ether oxygens (including phenoxy) is 1. The predicted molar refractivity (Wildman–Crippen MR) is 91.0 cm³/mol. The first-order valence-corrected chi connectivity index (χ1v) is 8.20. The number of amides is 1. The summed E-state index contributed by atoms with van der Waals surface area (Å²) in [5, 5.41) is 8.00. The molecule has 1 aliphatic heterocycles. The molecule has 2 heterocycles. The molecule has 0 radical (unpaired) electrons. The highest BCUT2D eigenvalue weighted by molar-refractivity contribution is 6.04. The van der Waals surface area contributed by atoms with E-state index in [4.69, 9.17) is 4.74 Å². The van der Waals surface area contributed by atoms with E-state index in [1.54, 1.807) is 31.3 Å². The average Bonchev–Trinajstić information content (AvgIpc) is 2.63. The number of aromatic nitrogens is 2. The standard InChI is InChI=1S/C17H22N4O3/c1-3-12-10-20(8-9-24-12)11-21-17(23)14-7-5-4-6-13(14)15(19-21)16(22)18-2/h4-7,12H,3,8-11H2,1-2H3,(H,18,22)/t12-/m1/s1. The Bertz CT molecular complexity index is 802. The van der Waals surface area contributed by atoms with Gasteiger partial charge in [-0.3, -0.25) is 14.5 Å². The molecule has 0 saturated carbocycles. The predicted octanol–water partition coefficient (Wildman–Crippen LogP) is 0.824. The summed E-state index contributed by atoms with van der Waals surface area (Å²) in [6, 6.07) is 7.08. The molecule has 1 saturated heterocycles. The van der Waals surface area contributed by atoms with Gasteiger partial charge in [0.2, 0.25) is 0 Å². The Kier molecular flexibility index (Phi) is 4.92. The van der Waals surface area contributed by atoms with Crippen LogP contribution in [0, 0.1) is 0 Å². The van der Waals surface area contributed by atoms with Crippen LogP contribution in [0.2, 0.25) is 0 Å². The molecule has 1 N–H and O–H groups in total. The molecule has 24 heavy (non-hydrogen) atoms. The van der Waals surface area contributed by atoms with Crippen LogP contribution >= 0.6 is 0 Å². The van der Waals surface area contributed by atoms with Crippen molar-refractivity contribution in [2.75, 3.05) is 26.7 Å². The summed E-state index contributed by atoms with van der Waals surface area (Å²) in [5.74, 6) is -0.298. The molecule has 1 atom stereocenters. The van der Waals surface area contributed by atoms with Crippen molar-refractivity contribution in [1.82, 2.24) is 20.0 Å². The minimum Gasteiger partial charge on any atom is -0.376 e. The quantitative estimate of drug-likeness (QED) is 0.898. The van der Waals surface area contributed by atoms with E-state index in [2.05, 4.69) is 22.2 Å². The summed E-state index contributed by atoms with van der Waals surface area (Å²) >= 11 is 0. The topological polar surface area (TPSA) is 76.5 Å². The first-order valence-electron chi connectivity index (χ1n) is 8.20. The van der Waals surface area contributed by atoms with E-state index < -0.39 is 0 Å². The number of carbonyl (C=O) groups excluding carboxylic acids is 1. The van der Waals surface area contributed by atoms with E-state index in [1.165, 1.54) is 4.68 Å². The van der Waals surface area contributed by atoms with Crippen molar-refractivity contribution in [3.63, 3.8) is 0 Å². The monoisotopic (exact) mass is 330 g/mol. The highest BCUT2D eigenvalue weighted by Gasteiger charge is 2.21.